The number of carboxylic acids is 1. The maximum atomic E-state index is 10.7. The summed E-state index contributed by atoms with van der Waals surface area (Å²) >= 11 is 1.46. The van der Waals surface area contributed by atoms with Crippen LogP contribution in [0.5, 0.6) is 0 Å². The summed E-state index contributed by atoms with van der Waals surface area (Å²) in [6, 6.07) is 6.56. The number of methoxy groups -OCH3 is 1. The van der Waals surface area contributed by atoms with Gasteiger partial charge in [0, 0.05) is 17.8 Å². The summed E-state index contributed by atoms with van der Waals surface area (Å²) in [7, 11) is 1.60. The molecule has 0 heterocycles. The predicted octanol–water partition coefficient (Wildman–Crippen LogP) is 1.89. The molecule has 6 heteroatoms. The van der Waals surface area contributed by atoms with Crippen molar-refractivity contribution in [3.63, 3.8) is 0 Å². The molecule has 1 rings (SSSR count). The van der Waals surface area contributed by atoms with Crippen molar-refractivity contribution >= 4 is 17.7 Å². The van der Waals surface area contributed by atoms with Gasteiger partial charge in [-0.2, -0.15) is 0 Å². The molecule has 0 aliphatic heterocycles. The first-order valence-corrected chi connectivity index (χ1v) is 7.26. The Morgan fingerprint density at radius 1 is 1.30 bits per heavy atom. The number of thioether (sulfide) groups is 1. The summed E-state index contributed by atoms with van der Waals surface area (Å²) in [5, 5.41) is 18.6. The van der Waals surface area contributed by atoms with E-state index in [0.717, 1.165) is 4.90 Å². The number of aromatic carboxylic acids is 1. The van der Waals surface area contributed by atoms with E-state index in [9.17, 15) is 9.90 Å². The molecule has 1 aromatic carbocycles. The fourth-order valence-electron chi connectivity index (χ4n) is 1.49. The number of rotatable bonds is 9. The van der Waals surface area contributed by atoms with Gasteiger partial charge in [0.2, 0.25) is 0 Å². The summed E-state index contributed by atoms with van der Waals surface area (Å²) in [5.41, 5.74) is 0.256. The Morgan fingerprint density at radius 3 is 2.50 bits per heavy atom. The largest absolute Gasteiger partial charge is 0.478 e. The van der Waals surface area contributed by atoms with Gasteiger partial charge in [0.15, 0.2) is 0 Å². The van der Waals surface area contributed by atoms with Gasteiger partial charge in [-0.1, -0.05) is 0 Å². The van der Waals surface area contributed by atoms with Crippen molar-refractivity contribution in [2.45, 2.75) is 24.0 Å². The molecule has 1 aromatic rings. The topological polar surface area (TPSA) is 76.0 Å². The molecule has 0 aliphatic carbocycles. The van der Waals surface area contributed by atoms with Crippen molar-refractivity contribution in [3.8, 4) is 0 Å². The van der Waals surface area contributed by atoms with E-state index >= 15 is 0 Å². The van der Waals surface area contributed by atoms with Crippen LogP contribution in [-0.4, -0.2) is 54.5 Å². The second kappa shape index (κ2) is 8.97. The molecule has 2 unspecified atom stereocenters. The fourth-order valence-corrected chi connectivity index (χ4v) is 2.30. The highest BCUT2D eigenvalue weighted by molar-refractivity contribution is 7.99. The number of aliphatic hydroxyl groups is 1. The summed E-state index contributed by atoms with van der Waals surface area (Å²) < 4.78 is 10.4. The summed E-state index contributed by atoms with van der Waals surface area (Å²) in [6.45, 7) is 2.63. The molecule has 0 aromatic heterocycles. The molecule has 5 nitrogen and oxygen atoms in total. The maximum Gasteiger partial charge on any atom is 0.335 e. The third-order valence-electron chi connectivity index (χ3n) is 2.52. The van der Waals surface area contributed by atoms with Crippen LogP contribution in [0.2, 0.25) is 0 Å². The van der Waals surface area contributed by atoms with Crippen LogP contribution >= 0.6 is 11.8 Å². The number of ether oxygens (including phenoxy) is 2. The lowest BCUT2D eigenvalue weighted by Gasteiger charge is -2.15. The van der Waals surface area contributed by atoms with Gasteiger partial charge in [0.05, 0.1) is 31.0 Å². The first kappa shape index (κ1) is 17.0. The average molecular weight is 300 g/mol. The number of benzene rings is 1. The summed E-state index contributed by atoms with van der Waals surface area (Å²) in [4.78, 5) is 11.6. The van der Waals surface area contributed by atoms with Crippen LogP contribution in [0.15, 0.2) is 29.2 Å². The number of carboxylic acid groups (broad SMARTS) is 1. The second-order valence-electron chi connectivity index (χ2n) is 4.39. The van der Waals surface area contributed by atoms with Crippen LogP contribution in [0.25, 0.3) is 0 Å². The van der Waals surface area contributed by atoms with Gasteiger partial charge in [0.25, 0.3) is 0 Å². The van der Waals surface area contributed by atoms with Gasteiger partial charge in [-0.05, 0) is 31.2 Å². The zero-order valence-electron chi connectivity index (χ0n) is 11.6. The Hall–Kier alpha value is -1.08. The number of hydrogen-bond acceptors (Lipinski definition) is 5. The fraction of sp³-hybridized carbons (Fsp3) is 0.500. The van der Waals surface area contributed by atoms with Crippen LogP contribution in [-0.2, 0) is 9.47 Å². The zero-order valence-corrected chi connectivity index (χ0v) is 12.4. The second-order valence-corrected chi connectivity index (χ2v) is 5.49. The molecule has 20 heavy (non-hydrogen) atoms. The molecule has 0 radical (unpaired) electrons. The predicted molar refractivity (Wildman–Crippen MR) is 77.4 cm³/mol. The van der Waals surface area contributed by atoms with Crippen molar-refractivity contribution in [3.05, 3.63) is 29.8 Å². The summed E-state index contributed by atoms with van der Waals surface area (Å²) in [5.74, 6) is -0.450. The molecule has 2 N–H and O–H groups in total. The highest BCUT2D eigenvalue weighted by Gasteiger charge is 2.09. The van der Waals surface area contributed by atoms with E-state index in [1.807, 2.05) is 6.92 Å². The van der Waals surface area contributed by atoms with E-state index in [-0.39, 0.29) is 18.3 Å². The lowest BCUT2D eigenvalue weighted by atomic mass is 10.2. The van der Waals surface area contributed by atoms with E-state index in [2.05, 4.69) is 0 Å². The van der Waals surface area contributed by atoms with Crippen LogP contribution in [0, 0.1) is 0 Å². The van der Waals surface area contributed by atoms with Crippen LogP contribution in [0.4, 0.5) is 0 Å². The smallest absolute Gasteiger partial charge is 0.335 e. The van der Waals surface area contributed by atoms with Crippen LogP contribution < -0.4 is 0 Å². The molecular weight excluding hydrogens is 280 g/mol. The van der Waals surface area contributed by atoms with Crippen molar-refractivity contribution in [2.75, 3.05) is 26.1 Å². The standard InChI is InChI=1S/C14H20O5S/c1-10(7-18-2)19-8-12(15)9-20-13-5-3-11(4-6-13)14(16)17/h3-6,10,12,15H,7-9H2,1-2H3,(H,16,17). The molecule has 2 atom stereocenters. The molecule has 0 aliphatic rings. The van der Waals surface area contributed by atoms with Gasteiger partial charge in [-0.25, -0.2) is 4.79 Å². The number of hydrogen-bond donors (Lipinski definition) is 2. The van der Waals surface area contributed by atoms with Crippen molar-refractivity contribution < 1.29 is 24.5 Å². The van der Waals surface area contributed by atoms with E-state index < -0.39 is 12.1 Å². The highest BCUT2D eigenvalue weighted by Crippen LogP contribution is 2.19. The Kier molecular flexibility index (Phi) is 7.61. The van der Waals surface area contributed by atoms with Gasteiger partial charge in [-0.15, -0.1) is 11.8 Å². The van der Waals surface area contributed by atoms with Crippen molar-refractivity contribution in [2.24, 2.45) is 0 Å². The first-order valence-electron chi connectivity index (χ1n) is 6.27. The van der Waals surface area contributed by atoms with Crippen molar-refractivity contribution in [1.29, 1.82) is 0 Å². The van der Waals surface area contributed by atoms with E-state index in [1.54, 1.807) is 31.4 Å². The quantitative estimate of drug-likeness (QED) is 0.678. The highest BCUT2D eigenvalue weighted by atomic mass is 32.2. The number of carbonyl (C=O) groups is 1. The number of aliphatic hydroxyl groups excluding tert-OH is 1. The average Bonchev–Trinajstić information content (AvgIpc) is 2.43. The molecule has 0 bridgehead atoms. The minimum atomic E-state index is -0.942. The molecule has 112 valence electrons. The SMILES string of the molecule is COCC(C)OCC(O)CSc1ccc(C(=O)O)cc1. The van der Waals surface area contributed by atoms with Gasteiger partial charge >= 0.3 is 5.97 Å². The third-order valence-corrected chi connectivity index (χ3v) is 3.68. The van der Waals surface area contributed by atoms with Gasteiger partial charge < -0.3 is 19.7 Å². The minimum absolute atomic E-state index is 0.0468. The third kappa shape index (κ3) is 6.38. The molecule has 0 saturated heterocycles. The monoisotopic (exact) mass is 300 g/mol. The molecule has 0 saturated carbocycles. The molecule has 0 spiro atoms. The first-order chi connectivity index (χ1) is 9.52. The van der Waals surface area contributed by atoms with Crippen LogP contribution in [0.1, 0.15) is 17.3 Å². The maximum absolute atomic E-state index is 10.7. The Morgan fingerprint density at radius 2 is 1.95 bits per heavy atom. The minimum Gasteiger partial charge on any atom is -0.478 e. The van der Waals surface area contributed by atoms with Gasteiger partial charge in [0.1, 0.15) is 0 Å². The molecular formula is C14H20O5S. The Labute approximate surface area is 122 Å². The van der Waals surface area contributed by atoms with Crippen molar-refractivity contribution in [1.82, 2.24) is 0 Å². The Balaban J connectivity index is 2.30. The normalized spacial score (nSPS) is 13.9. The van der Waals surface area contributed by atoms with E-state index in [1.165, 1.54) is 11.8 Å². The molecule has 0 amide bonds. The van der Waals surface area contributed by atoms with E-state index in [0.29, 0.717) is 12.4 Å². The summed E-state index contributed by atoms with van der Waals surface area (Å²) in [6.07, 6.45) is -0.618. The zero-order chi connectivity index (χ0) is 15.0. The van der Waals surface area contributed by atoms with Crippen LogP contribution in [0.3, 0.4) is 0 Å². The Bertz CT molecular complexity index is 407. The lowest BCUT2D eigenvalue weighted by Crippen LogP contribution is -2.24. The molecule has 0 fully saturated rings. The van der Waals surface area contributed by atoms with E-state index in [4.69, 9.17) is 14.6 Å². The van der Waals surface area contributed by atoms with Gasteiger partial charge in [-0.3, -0.25) is 0 Å². The lowest BCUT2D eigenvalue weighted by molar-refractivity contribution is -0.0257.